The van der Waals surface area contributed by atoms with Crippen LogP contribution in [0.4, 0.5) is 11.4 Å². The van der Waals surface area contributed by atoms with Crippen LogP contribution in [0.1, 0.15) is 5.56 Å². The van der Waals surface area contributed by atoms with Gasteiger partial charge in [-0.25, -0.2) is 0 Å². The number of nitrogens with one attached hydrogen (secondary N) is 1. The molecule has 0 heterocycles. The van der Waals surface area contributed by atoms with E-state index in [2.05, 4.69) is 5.32 Å². The van der Waals surface area contributed by atoms with Crippen LogP contribution in [-0.2, 0) is 6.42 Å². The van der Waals surface area contributed by atoms with Crippen LogP contribution >= 0.6 is 11.6 Å². The summed E-state index contributed by atoms with van der Waals surface area (Å²) in [6.07, 6.45) is 0.572. The summed E-state index contributed by atoms with van der Waals surface area (Å²) in [7, 11) is 0. The maximum Gasteiger partial charge on any atom is 0.272 e. The second kappa shape index (κ2) is 6.20. The van der Waals surface area contributed by atoms with Gasteiger partial charge in [0.15, 0.2) is 0 Å². The van der Waals surface area contributed by atoms with E-state index < -0.39 is 0 Å². The third-order valence-electron chi connectivity index (χ3n) is 2.77. The third kappa shape index (κ3) is 3.45. The second-order valence-electron chi connectivity index (χ2n) is 4.04. The van der Waals surface area contributed by atoms with Crippen molar-refractivity contribution in [3.05, 3.63) is 69.2 Å². The van der Waals surface area contributed by atoms with Crippen molar-refractivity contribution in [1.82, 2.24) is 0 Å². The zero-order chi connectivity index (χ0) is 13.7. The molecule has 0 aliphatic rings. The number of halogens is 1. The highest BCUT2D eigenvalue weighted by Gasteiger charge is 2.11. The predicted octanol–water partition coefficient (Wildman–Crippen LogP) is 3.90. The maximum atomic E-state index is 10.9. The van der Waals surface area contributed by atoms with Crippen LogP contribution in [0.3, 0.4) is 0 Å². The summed E-state index contributed by atoms with van der Waals surface area (Å²) in [4.78, 5) is 10.5. The van der Waals surface area contributed by atoms with E-state index in [1.807, 2.05) is 18.2 Å². The first kappa shape index (κ1) is 13.4. The van der Waals surface area contributed by atoms with Crippen molar-refractivity contribution in [3.63, 3.8) is 0 Å². The molecule has 0 spiro atoms. The summed E-state index contributed by atoms with van der Waals surface area (Å²) in [5.74, 6) is 0. The lowest BCUT2D eigenvalue weighted by molar-refractivity contribution is -0.385. The van der Waals surface area contributed by atoms with Gasteiger partial charge >= 0.3 is 0 Å². The van der Waals surface area contributed by atoms with Crippen LogP contribution in [0.5, 0.6) is 0 Å². The van der Waals surface area contributed by atoms with Crippen molar-refractivity contribution in [1.29, 1.82) is 0 Å². The molecule has 0 fully saturated rings. The number of nitro groups is 1. The molecule has 0 amide bonds. The average Bonchev–Trinajstić information content (AvgIpc) is 2.41. The van der Waals surface area contributed by atoms with Gasteiger partial charge in [-0.1, -0.05) is 41.9 Å². The standard InChI is InChI=1S/C14H13ClN2O2/c15-12-6-2-3-7-13(12)16-10-9-11-5-1-4-8-14(11)17(18)19/h1-8,16H,9-10H2. The van der Waals surface area contributed by atoms with Gasteiger partial charge in [-0.05, 0) is 18.6 Å². The average molecular weight is 277 g/mol. The Labute approximate surface area is 116 Å². The van der Waals surface area contributed by atoms with Crippen molar-refractivity contribution >= 4 is 23.0 Å². The first-order valence-electron chi connectivity index (χ1n) is 5.89. The Morgan fingerprint density at radius 3 is 2.53 bits per heavy atom. The summed E-state index contributed by atoms with van der Waals surface area (Å²) in [5, 5.41) is 14.7. The quantitative estimate of drug-likeness (QED) is 0.665. The molecule has 0 atom stereocenters. The minimum absolute atomic E-state index is 0.156. The van der Waals surface area contributed by atoms with E-state index >= 15 is 0 Å². The Kier molecular flexibility index (Phi) is 4.36. The lowest BCUT2D eigenvalue weighted by Gasteiger charge is -2.08. The molecule has 0 unspecified atom stereocenters. The number of nitrogens with zero attached hydrogens (tertiary/aromatic N) is 1. The molecule has 2 aromatic rings. The highest BCUT2D eigenvalue weighted by atomic mass is 35.5. The number of hydrogen-bond donors (Lipinski definition) is 1. The molecule has 0 aliphatic carbocycles. The molecule has 0 aliphatic heterocycles. The van der Waals surface area contributed by atoms with E-state index in [4.69, 9.17) is 11.6 Å². The van der Waals surface area contributed by atoms with Crippen LogP contribution in [0, 0.1) is 10.1 Å². The first-order valence-corrected chi connectivity index (χ1v) is 6.27. The summed E-state index contributed by atoms with van der Waals surface area (Å²) in [6.45, 7) is 0.592. The molecule has 1 N–H and O–H groups in total. The largest absolute Gasteiger partial charge is 0.384 e. The van der Waals surface area contributed by atoms with Crippen molar-refractivity contribution in [3.8, 4) is 0 Å². The highest BCUT2D eigenvalue weighted by molar-refractivity contribution is 6.33. The number of nitro benzene ring substituents is 1. The molecule has 0 saturated heterocycles. The van der Waals surface area contributed by atoms with Crippen LogP contribution < -0.4 is 5.32 Å². The Hall–Kier alpha value is -2.07. The lowest BCUT2D eigenvalue weighted by atomic mass is 10.1. The molecular weight excluding hydrogens is 264 g/mol. The van der Waals surface area contributed by atoms with E-state index in [0.29, 0.717) is 23.6 Å². The van der Waals surface area contributed by atoms with E-state index in [1.165, 1.54) is 6.07 Å². The minimum Gasteiger partial charge on any atom is -0.384 e. The van der Waals surface area contributed by atoms with Crippen LogP contribution in [0.2, 0.25) is 5.02 Å². The lowest BCUT2D eigenvalue weighted by Crippen LogP contribution is -2.06. The minimum atomic E-state index is -0.356. The molecule has 2 aromatic carbocycles. The Bertz CT molecular complexity index is 587. The summed E-state index contributed by atoms with van der Waals surface area (Å²) in [6, 6.07) is 14.2. The monoisotopic (exact) mass is 276 g/mol. The van der Waals surface area contributed by atoms with Crippen LogP contribution in [0.15, 0.2) is 48.5 Å². The number of anilines is 1. The number of hydrogen-bond acceptors (Lipinski definition) is 3. The Morgan fingerprint density at radius 2 is 1.79 bits per heavy atom. The smallest absolute Gasteiger partial charge is 0.272 e. The maximum absolute atomic E-state index is 10.9. The predicted molar refractivity (Wildman–Crippen MR) is 76.7 cm³/mol. The molecule has 0 saturated carbocycles. The van der Waals surface area contributed by atoms with E-state index in [9.17, 15) is 10.1 Å². The topological polar surface area (TPSA) is 55.2 Å². The molecular formula is C14H13ClN2O2. The fourth-order valence-electron chi connectivity index (χ4n) is 1.84. The van der Waals surface area contributed by atoms with Crippen molar-refractivity contribution < 1.29 is 4.92 Å². The molecule has 0 bridgehead atoms. The molecule has 0 aromatic heterocycles. The summed E-state index contributed by atoms with van der Waals surface area (Å²) < 4.78 is 0. The van der Waals surface area contributed by atoms with Gasteiger partial charge in [0.05, 0.1) is 15.6 Å². The highest BCUT2D eigenvalue weighted by Crippen LogP contribution is 2.21. The van der Waals surface area contributed by atoms with Gasteiger partial charge in [0.2, 0.25) is 0 Å². The Balaban J connectivity index is 2.00. The van der Waals surface area contributed by atoms with E-state index in [1.54, 1.807) is 24.3 Å². The van der Waals surface area contributed by atoms with Gasteiger partial charge in [-0.2, -0.15) is 0 Å². The fourth-order valence-corrected chi connectivity index (χ4v) is 2.04. The van der Waals surface area contributed by atoms with Gasteiger partial charge < -0.3 is 5.32 Å². The van der Waals surface area contributed by atoms with Crippen molar-refractivity contribution in [2.75, 3.05) is 11.9 Å². The van der Waals surface area contributed by atoms with Gasteiger partial charge in [0.25, 0.3) is 5.69 Å². The number of rotatable bonds is 5. The molecule has 4 nitrogen and oxygen atoms in total. The zero-order valence-electron chi connectivity index (χ0n) is 10.2. The molecule has 2 rings (SSSR count). The van der Waals surface area contributed by atoms with Gasteiger partial charge in [-0.15, -0.1) is 0 Å². The van der Waals surface area contributed by atoms with Gasteiger partial charge in [-0.3, -0.25) is 10.1 Å². The van der Waals surface area contributed by atoms with Crippen LogP contribution in [0.25, 0.3) is 0 Å². The van der Waals surface area contributed by atoms with E-state index in [-0.39, 0.29) is 10.6 Å². The Morgan fingerprint density at radius 1 is 1.11 bits per heavy atom. The summed E-state index contributed by atoms with van der Waals surface area (Å²) >= 11 is 6.02. The zero-order valence-corrected chi connectivity index (χ0v) is 10.9. The van der Waals surface area contributed by atoms with Crippen molar-refractivity contribution in [2.45, 2.75) is 6.42 Å². The van der Waals surface area contributed by atoms with E-state index in [0.717, 1.165) is 5.69 Å². The molecule has 0 radical (unpaired) electrons. The second-order valence-corrected chi connectivity index (χ2v) is 4.45. The van der Waals surface area contributed by atoms with Gasteiger partial charge in [0.1, 0.15) is 0 Å². The third-order valence-corrected chi connectivity index (χ3v) is 3.10. The fraction of sp³-hybridized carbons (Fsp3) is 0.143. The molecule has 98 valence electrons. The first-order chi connectivity index (χ1) is 9.18. The van der Waals surface area contributed by atoms with Gasteiger partial charge in [0, 0.05) is 18.2 Å². The normalized spacial score (nSPS) is 10.2. The molecule has 19 heavy (non-hydrogen) atoms. The summed E-state index contributed by atoms with van der Waals surface area (Å²) in [5.41, 5.74) is 1.71. The van der Waals surface area contributed by atoms with Crippen LogP contribution in [-0.4, -0.2) is 11.5 Å². The van der Waals surface area contributed by atoms with Crippen molar-refractivity contribution in [2.24, 2.45) is 0 Å². The SMILES string of the molecule is O=[N+]([O-])c1ccccc1CCNc1ccccc1Cl. The number of para-hydroxylation sites is 2. The number of benzene rings is 2. The molecule has 5 heteroatoms.